The van der Waals surface area contributed by atoms with Gasteiger partial charge in [-0.1, -0.05) is 6.07 Å². The number of hydrogen-bond acceptors (Lipinski definition) is 3. The number of halogens is 3. The maximum atomic E-state index is 12.8. The van der Waals surface area contributed by atoms with Crippen LogP contribution in [0.1, 0.15) is 22.8 Å². The van der Waals surface area contributed by atoms with Gasteiger partial charge < -0.3 is 16.4 Å². The van der Waals surface area contributed by atoms with Crippen LogP contribution in [0.2, 0.25) is 0 Å². The molecule has 0 bridgehead atoms. The minimum absolute atomic E-state index is 0.213. The van der Waals surface area contributed by atoms with E-state index in [0.29, 0.717) is 0 Å². The van der Waals surface area contributed by atoms with Crippen molar-refractivity contribution in [3.05, 3.63) is 29.3 Å². The summed E-state index contributed by atoms with van der Waals surface area (Å²) < 4.78 is 38.5. The van der Waals surface area contributed by atoms with Gasteiger partial charge >= 0.3 is 6.18 Å². The van der Waals surface area contributed by atoms with E-state index in [1.54, 1.807) is 0 Å². The number of hydrogen-bond donors (Lipinski definition) is 3. The second-order valence-corrected chi connectivity index (χ2v) is 4.07. The summed E-state index contributed by atoms with van der Waals surface area (Å²) in [5, 5.41) is 4.59. The van der Waals surface area contributed by atoms with Gasteiger partial charge in [0.15, 0.2) is 0 Å². The number of anilines is 1. The molecule has 0 spiro atoms. The van der Waals surface area contributed by atoms with Crippen molar-refractivity contribution in [1.82, 2.24) is 5.32 Å². The first-order valence-corrected chi connectivity index (χ1v) is 5.66. The third-order valence-electron chi connectivity index (χ3n) is 2.64. The molecule has 20 heavy (non-hydrogen) atoms. The lowest BCUT2D eigenvalue weighted by Crippen LogP contribution is -2.42. The fourth-order valence-corrected chi connectivity index (χ4v) is 1.59. The van der Waals surface area contributed by atoms with Gasteiger partial charge in [0.1, 0.15) is 6.04 Å². The highest BCUT2D eigenvalue weighted by atomic mass is 19.4. The largest absolute Gasteiger partial charge is 0.418 e. The van der Waals surface area contributed by atoms with Gasteiger partial charge in [-0.3, -0.25) is 9.59 Å². The van der Waals surface area contributed by atoms with E-state index in [1.807, 2.05) is 0 Å². The number of amides is 2. The maximum absolute atomic E-state index is 12.8. The molecule has 0 saturated heterocycles. The highest BCUT2D eigenvalue weighted by Crippen LogP contribution is 2.36. The highest BCUT2D eigenvalue weighted by molar-refractivity contribution is 6.02. The van der Waals surface area contributed by atoms with E-state index in [9.17, 15) is 22.8 Å². The summed E-state index contributed by atoms with van der Waals surface area (Å²) in [6, 6.07) is 2.22. The molecule has 1 rings (SSSR count). The van der Waals surface area contributed by atoms with E-state index in [1.165, 1.54) is 20.0 Å². The molecular formula is C12H14F3N3O2. The minimum Gasteiger partial charge on any atom is -0.387 e. The molecule has 5 nitrogen and oxygen atoms in total. The summed E-state index contributed by atoms with van der Waals surface area (Å²) >= 11 is 0. The van der Waals surface area contributed by atoms with Crippen LogP contribution in [-0.2, 0) is 11.0 Å². The van der Waals surface area contributed by atoms with Crippen LogP contribution in [0, 0.1) is 0 Å². The van der Waals surface area contributed by atoms with Gasteiger partial charge in [0, 0.05) is 7.05 Å². The summed E-state index contributed by atoms with van der Waals surface area (Å²) in [4.78, 5) is 22.8. The normalized spacial score (nSPS) is 12.7. The lowest BCUT2D eigenvalue weighted by Gasteiger charge is -2.17. The van der Waals surface area contributed by atoms with Crippen LogP contribution in [-0.4, -0.2) is 24.9 Å². The van der Waals surface area contributed by atoms with Gasteiger partial charge in [-0.05, 0) is 19.1 Å². The number of primary amides is 1. The minimum atomic E-state index is -4.59. The Balaban J connectivity index is 3.19. The molecule has 8 heteroatoms. The van der Waals surface area contributed by atoms with Gasteiger partial charge in [0.25, 0.3) is 5.91 Å². The van der Waals surface area contributed by atoms with Crippen molar-refractivity contribution in [3.8, 4) is 0 Å². The topological polar surface area (TPSA) is 84.2 Å². The van der Waals surface area contributed by atoms with Crippen molar-refractivity contribution in [2.75, 3.05) is 12.4 Å². The first kappa shape index (κ1) is 15.8. The molecule has 1 unspecified atom stereocenters. The van der Waals surface area contributed by atoms with Gasteiger partial charge in [-0.15, -0.1) is 0 Å². The Morgan fingerprint density at radius 1 is 1.30 bits per heavy atom. The number of nitrogens with one attached hydrogen (secondary N) is 2. The third-order valence-corrected chi connectivity index (χ3v) is 2.64. The Morgan fingerprint density at radius 3 is 2.35 bits per heavy atom. The molecule has 1 aromatic carbocycles. The standard InChI is InChI=1S/C12H14F3N3O2/c1-6(10(16)19)18-11(20)7-4-3-5-8(9(7)17-2)12(13,14)15/h3-6,17H,1-2H3,(H2,16,19)(H,18,20). The first-order valence-electron chi connectivity index (χ1n) is 5.66. The van der Waals surface area contributed by atoms with Crippen molar-refractivity contribution in [2.24, 2.45) is 5.73 Å². The number of benzene rings is 1. The molecule has 2 amide bonds. The predicted molar refractivity (Wildman–Crippen MR) is 67.1 cm³/mol. The van der Waals surface area contributed by atoms with Gasteiger partial charge in [0.05, 0.1) is 16.8 Å². The summed E-state index contributed by atoms with van der Waals surface area (Å²) in [5.41, 5.74) is 3.46. The predicted octanol–water partition coefficient (Wildman–Crippen LogP) is 1.35. The maximum Gasteiger partial charge on any atom is 0.418 e. The van der Waals surface area contributed by atoms with Crippen LogP contribution in [0.4, 0.5) is 18.9 Å². The van der Waals surface area contributed by atoms with Gasteiger partial charge in [-0.25, -0.2) is 0 Å². The molecule has 1 aromatic rings. The molecule has 1 atom stereocenters. The lowest BCUT2D eigenvalue weighted by atomic mass is 10.1. The van der Waals surface area contributed by atoms with Gasteiger partial charge in [-0.2, -0.15) is 13.2 Å². The molecule has 0 heterocycles. The third kappa shape index (κ3) is 3.40. The Hall–Kier alpha value is -2.25. The molecule has 0 fully saturated rings. The molecule has 0 radical (unpaired) electrons. The Kier molecular flexibility index (Phi) is 4.59. The van der Waals surface area contributed by atoms with Gasteiger partial charge in [0.2, 0.25) is 5.91 Å². The van der Waals surface area contributed by atoms with E-state index < -0.39 is 29.6 Å². The molecule has 4 N–H and O–H groups in total. The Labute approximate surface area is 113 Å². The van der Waals surface area contributed by atoms with Crippen molar-refractivity contribution >= 4 is 17.5 Å². The molecular weight excluding hydrogens is 275 g/mol. The number of rotatable bonds is 4. The van der Waals surface area contributed by atoms with Crippen molar-refractivity contribution in [1.29, 1.82) is 0 Å². The lowest BCUT2D eigenvalue weighted by molar-refractivity contribution is -0.137. The van der Waals surface area contributed by atoms with Crippen LogP contribution in [0.15, 0.2) is 18.2 Å². The van der Waals surface area contributed by atoms with Crippen molar-refractivity contribution < 1.29 is 22.8 Å². The first-order chi connectivity index (χ1) is 9.18. The van der Waals surface area contributed by atoms with Crippen molar-refractivity contribution in [3.63, 3.8) is 0 Å². The molecule has 0 aliphatic rings. The average Bonchev–Trinajstić information content (AvgIpc) is 2.36. The fraction of sp³-hybridized carbons (Fsp3) is 0.333. The van der Waals surface area contributed by atoms with E-state index in [-0.39, 0.29) is 11.3 Å². The van der Waals surface area contributed by atoms with E-state index in [2.05, 4.69) is 10.6 Å². The summed E-state index contributed by atoms with van der Waals surface area (Å²) in [7, 11) is 1.28. The van der Waals surface area contributed by atoms with Crippen LogP contribution in [0.3, 0.4) is 0 Å². The monoisotopic (exact) mass is 289 g/mol. The van der Waals surface area contributed by atoms with Crippen molar-refractivity contribution in [2.45, 2.75) is 19.1 Å². The fourth-order valence-electron chi connectivity index (χ4n) is 1.59. The average molecular weight is 289 g/mol. The highest BCUT2D eigenvalue weighted by Gasteiger charge is 2.35. The number of nitrogens with two attached hydrogens (primary N) is 1. The van der Waals surface area contributed by atoms with Crippen LogP contribution in [0.25, 0.3) is 0 Å². The Morgan fingerprint density at radius 2 is 1.90 bits per heavy atom. The van der Waals surface area contributed by atoms with Crippen LogP contribution < -0.4 is 16.4 Å². The smallest absolute Gasteiger partial charge is 0.387 e. The molecule has 0 saturated carbocycles. The van der Waals surface area contributed by atoms with E-state index in [4.69, 9.17) is 5.73 Å². The van der Waals surface area contributed by atoms with E-state index >= 15 is 0 Å². The zero-order chi connectivity index (χ0) is 15.5. The Bertz CT molecular complexity index is 529. The second-order valence-electron chi connectivity index (χ2n) is 4.07. The number of carbonyl (C=O) groups excluding carboxylic acids is 2. The molecule has 0 aliphatic heterocycles. The SMILES string of the molecule is CNc1c(C(=O)NC(C)C(N)=O)cccc1C(F)(F)F. The second kappa shape index (κ2) is 5.81. The molecule has 110 valence electrons. The molecule has 0 aliphatic carbocycles. The summed E-state index contributed by atoms with van der Waals surface area (Å²) in [5.74, 6) is -1.59. The molecule has 0 aromatic heterocycles. The zero-order valence-electron chi connectivity index (χ0n) is 10.8. The number of para-hydroxylation sites is 1. The summed E-state index contributed by atoms with van der Waals surface area (Å²) in [6.07, 6.45) is -4.59. The quantitative estimate of drug-likeness (QED) is 0.782. The van der Waals surface area contributed by atoms with Crippen LogP contribution in [0.5, 0.6) is 0 Å². The number of alkyl halides is 3. The van der Waals surface area contributed by atoms with Crippen LogP contribution >= 0.6 is 0 Å². The summed E-state index contributed by atoms with van der Waals surface area (Å²) in [6.45, 7) is 1.34. The van der Waals surface area contributed by atoms with E-state index in [0.717, 1.165) is 12.1 Å². The number of carbonyl (C=O) groups is 2. The zero-order valence-corrected chi connectivity index (χ0v) is 10.8.